The van der Waals surface area contributed by atoms with Gasteiger partial charge in [0.1, 0.15) is 5.54 Å². The van der Waals surface area contributed by atoms with Crippen LogP contribution in [0.3, 0.4) is 0 Å². The molecule has 1 saturated carbocycles. The topological polar surface area (TPSA) is 65.4 Å². The maximum atomic E-state index is 12.4. The van der Waals surface area contributed by atoms with Crippen LogP contribution in [0.15, 0.2) is 0 Å². The molecule has 1 saturated heterocycles. The molecule has 0 aromatic carbocycles. The lowest BCUT2D eigenvalue weighted by Crippen LogP contribution is -2.53. The number of carbonyl (C=O) groups excluding carboxylic acids is 1. The fourth-order valence-corrected chi connectivity index (χ4v) is 3.13. The molecule has 5 nitrogen and oxygen atoms in total. The van der Waals surface area contributed by atoms with Gasteiger partial charge in [-0.15, -0.1) is 0 Å². The lowest BCUT2D eigenvalue weighted by Gasteiger charge is -2.37. The molecule has 1 aliphatic carbocycles. The number of nitriles is 1. The number of nitrogens with zero attached hydrogens (tertiary/aromatic N) is 2. The van der Waals surface area contributed by atoms with Crippen LogP contribution in [0.1, 0.15) is 46.5 Å². The van der Waals surface area contributed by atoms with Crippen LogP contribution < -0.4 is 5.32 Å². The highest BCUT2D eigenvalue weighted by atomic mass is 16.5. The Balaban J connectivity index is 1.93. The number of amides is 1. The van der Waals surface area contributed by atoms with Gasteiger partial charge < -0.3 is 10.1 Å². The van der Waals surface area contributed by atoms with Crippen molar-refractivity contribution >= 4 is 5.91 Å². The molecule has 1 aliphatic heterocycles. The summed E-state index contributed by atoms with van der Waals surface area (Å²) in [7, 11) is 0. The fraction of sp³-hybridized carbons (Fsp3) is 0.875. The SMILES string of the molecule is CC(C)N(CC(=O)N[C@@](C)(C#N)C1CC1)C1CCOCC1. The van der Waals surface area contributed by atoms with E-state index < -0.39 is 5.54 Å². The van der Waals surface area contributed by atoms with Gasteiger partial charge in [-0.05, 0) is 52.4 Å². The predicted molar refractivity (Wildman–Crippen MR) is 80.6 cm³/mol. The molecule has 1 atom stereocenters. The fourth-order valence-electron chi connectivity index (χ4n) is 3.13. The second-order valence-electron chi connectivity index (χ2n) is 6.75. The quantitative estimate of drug-likeness (QED) is 0.809. The summed E-state index contributed by atoms with van der Waals surface area (Å²) < 4.78 is 5.40. The molecule has 5 heteroatoms. The van der Waals surface area contributed by atoms with E-state index in [-0.39, 0.29) is 5.91 Å². The Morgan fingerprint density at radius 3 is 2.48 bits per heavy atom. The van der Waals surface area contributed by atoms with Crippen molar-refractivity contribution in [3.8, 4) is 6.07 Å². The van der Waals surface area contributed by atoms with Crippen LogP contribution in [0.5, 0.6) is 0 Å². The van der Waals surface area contributed by atoms with E-state index in [1.54, 1.807) is 0 Å². The van der Waals surface area contributed by atoms with Crippen LogP contribution in [0.25, 0.3) is 0 Å². The molecule has 21 heavy (non-hydrogen) atoms. The molecule has 0 spiro atoms. The minimum absolute atomic E-state index is 0.0360. The van der Waals surface area contributed by atoms with Crippen molar-refractivity contribution in [3.63, 3.8) is 0 Å². The molecule has 118 valence electrons. The van der Waals surface area contributed by atoms with Crippen molar-refractivity contribution in [1.29, 1.82) is 5.26 Å². The van der Waals surface area contributed by atoms with Crippen molar-refractivity contribution in [2.75, 3.05) is 19.8 Å². The van der Waals surface area contributed by atoms with Gasteiger partial charge in [0, 0.05) is 25.3 Å². The molecule has 1 N–H and O–H groups in total. The maximum Gasteiger partial charge on any atom is 0.235 e. The molecule has 0 bridgehead atoms. The Labute approximate surface area is 127 Å². The van der Waals surface area contributed by atoms with E-state index in [0.717, 1.165) is 38.9 Å². The number of rotatable bonds is 6. The first-order valence-electron chi connectivity index (χ1n) is 8.02. The number of hydrogen-bond donors (Lipinski definition) is 1. The number of carbonyl (C=O) groups is 1. The molecule has 0 aromatic heterocycles. The van der Waals surface area contributed by atoms with Gasteiger partial charge >= 0.3 is 0 Å². The van der Waals surface area contributed by atoms with Crippen molar-refractivity contribution in [2.45, 2.75) is 64.1 Å². The van der Waals surface area contributed by atoms with Crippen LogP contribution in [0, 0.1) is 17.2 Å². The first-order chi connectivity index (χ1) is 9.96. The molecule has 0 aromatic rings. The van der Waals surface area contributed by atoms with E-state index in [4.69, 9.17) is 4.74 Å². The van der Waals surface area contributed by atoms with Crippen molar-refractivity contribution < 1.29 is 9.53 Å². The number of nitrogens with one attached hydrogen (secondary N) is 1. The Morgan fingerprint density at radius 2 is 2.00 bits per heavy atom. The second-order valence-corrected chi connectivity index (χ2v) is 6.75. The van der Waals surface area contributed by atoms with E-state index >= 15 is 0 Å². The minimum atomic E-state index is -0.699. The van der Waals surface area contributed by atoms with Gasteiger partial charge in [-0.3, -0.25) is 9.69 Å². The summed E-state index contributed by atoms with van der Waals surface area (Å²) in [5, 5.41) is 12.3. The molecule has 2 rings (SSSR count). The van der Waals surface area contributed by atoms with Crippen molar-refractivity contribution in [1.82, 2.24) is 10.2 Å². The smallest absolute Gasteiger partial charge is 0.235 e. The van der Waals surface area contributed by atoms with E-state index in [1.807, 2.05) is 6.92 Å². The third-order valence-corrected chi connectivity index (χ3v) is 4.67. The van der Waals surface area contributed by atoms with Crippen LogP contribution in [-0.2, 0) is 9.53 Å². The molecular weight excluding hydrogens is 266 g/mol. The zero-order chi connectivity index (χ0) is 15.5. The zero-order valence-electron chi connectivity index (χ0n) is 13.4. The molecule has 1 amide bonds. The largest absolute Gasteiger partial charge is 0.381 e. The second kappa shape index (κ2) is 6.76. The predicted octanol–water partition coefficient (Wildman–Crippen LogP) is 1.68. The van der Waals surface area contributed by atoms with Gasteiger partial charge in [0.2, 0.25) is 5.91 Å². The monoisotopic (exact) mass is 293 g/mol. The summed E-state index contributed by atoms with van der Waals surface area (Å²) in [5.74, 6) is 0.285. The molecular formula is C16H27N3O2. The lowest BCUT2D eigenvalue weighted by molar-refractivity contribution is -0.125. The Kier molecular flexibility index (Phi) is 5.23. The molecule has 2 fully saturated rings. The average molecular weight is 293 g/mol. The highest BCUT2D eigenvalue weighted by molar-refractivity contribution is 5.79. The van der Waals surface area contributed by atoms with E-state index in [9.17, 15) is 10.1 Å². The van der Waals surface area contributed by atoms with E-state index in [2.05, 4.69) is 30.1 Å². The van der Waals surface area contributed by atoms with Gasteiger partial charge in [0.05, 0.1) is 12.6 Å². The Morgan fingerprint density at radius 1 is 1.38 bits per heavy atom. The summed E-state index contributed by atoms with van der Waals surface area (Å²) in [6, 6.07) is 3.00. The summed E-state index contributed by atoms with van der Waals surface area (Å²) in [4.78, 5) is 14.6. The summed E-state index contributed by atoms with van der Waals surface area (Å²) in [6.45, 7) is 7.99. The first-order valence-corrected chi connectivity index (χ1v) is 8.02. The van der Waals surface area contributed by atoms with Gasteiger partial charge in [0.25, 0.3) is 0 Å². The van der Waals surface area contributed by atoms with Crippen LogP contribution in [0.2, 0.25) is 0 Å². The van der Waals surface area contributed by atoms with Gasteiger partial charge in [-0.25, -0.2) is 0 Å². The standard InChI is InChI=1S/C16H27N3O2/c1-12(2)19(14-6-8-21-9-7-14)10-15(20)18-16(3,11-17)13-4-5-13/h12-14H,4-10H2,1-3H3,(H,18,20)/t16-/m0/s1. The average Bonchev–Trinajstić information content (AvgIpc) is 3.30. The molecule has 1 heterocycles. The number of ether oxygens (including phenoxy) is 1. The van der Waals surface area contributed by atoms with Gasteiger partial charge in [-0.1, -0.05) is 0 Å². The van der Waals surface area contributed by atoms with Crippen LogP contribution in [0.4, 0.5) is 0 Å². The van der Waals surface area contributed by atoms with Crippen molar-refractivity contribution in [2.24, 2.45) is 5.92 Å². The van der Waals surface area contributed by atoms with E-state index in [0.29, 0.717) is 24.5 Å². The minimum Gasteiger partial charge on any atom is -0.381 e. The Hall–Kier alpha value is -1.12. The highest BCUT2D eigenvalue weighted by Gasteiger charge is 2.43. The van der Waals surface area contributed by atoms with Crippen molar-refractivity contribution in [3.05, 3.63) is 0 Å². The molecule has 2 aliphatic rings. The normalized spacial score (nSPS) is 22.9. The van der Waals surface area contributed by atoms with Gasteiger partial charge in [-0.2, -0.15) is 5.26 Å². The first kappa shape index (κ1) is 16.3. The summed E-state index contributed by atoms with van der Waals surface area (Å²) in [5.41, 5.74) is -0.699. The molecule has 0 unspecified atom stereocenters. The summed E-state index contributed by atoms with van der Waals surface area (Å²) >= 11 is 0. The summed E-state index contributed by atoms with van der Waals surface area (Å²) in [6.07, 6.45) is 4.03. The zero-order valence-corrected chi connectivity index (χ0v) is 13.4. The lowest BCUT2D eigenvalue weighted by atomic mass is 9.97. The number of hydrogen-bond acceptors (Lipinski definition) is 4. The van der Waals surface area contributed by atoms with E-state index in [1.165, 1.54) is 0 Å². The molecule has 0 radical (unpaired) electrons. The third kappa shape index (κ3) is 4.18. The highest BCUT2D eigenvalue weighted by Crippen LogP contribution is 2.39. The third-order valence-electron chi connectivity index (χ3n) is 4.67. The van der Waals surface area contributed by atoms with Gasteiger partial charge in [0.15, 0.2) is 0 Å². The maximum absolute atomic E-state index is 12.4. The van der Waals surface area contributed by atoms with Crippen LogP contribution in [-0.4, -0.2) is 48.2 Å². The van der Waals surface area contributed by atoms with Crippen LogP contribution >= 0.6 is 0 Å². The Bertz CT molecular complexity index is 408.